The van der Waals surface area contributed by atoms with Gasteiger partial charge in [-0.15, -0.1) is 0 Å². The Balaban J connectivity index is 1.79. The van der Waals surface area contributed by atoms with Gasteiger partial charge >= 0.3 is 0 Å². The van der Waals surface area contributed by atoms with Crippen molar-refractivity contribution in [3.05, 3.63) is 57.8 Å². The summed E-state index contributed by atoms with van der Waals surface area (Å²) in [4.78, 5) is 4.39. The lowest BCUT2D eigenvalue weighted by molar-refractivity contribution is 0.630. The van der Waals surface area contributed by atoms with E-state index in [4.69, 9.17) is 23.2 Å². The first-order valence-corrected chi connectivity index (χ1v) is 7.43. The van der Waals surface area contributed by atoms with Crippen LogP contribution >= 0.6 is 34.5 Å². The topological polar surface area (TPSA) is 24.9 Å². The summed E-state index contributed by atoms with van der Waals surface area (Å²) in [5.74, 6) is -0.256. The van der Waals surface area contributed by atoms with E-state index in [1.165, 1.54) is 23.5 Å². The van der Waals surface area contributed by atoms with Gasteiger partial charge in [-0.1, -0.05) is 40.6 Å². The number of nitrogens with zero attached hydrogens (tertiary/aromatic N) is 1. The standard InChI is InChI=1S/C14H9Cl2FN2S/c15-9-2-1-8(11(16)5-9)7-18-14-19-12-4-3-10(17)6-13(12)20-14/h1-6H,7H2,(H,18,19). The quantitative estimate of drug-likeness (QED) is 0.701. The summed E-state index contributed by atoms with van der Waals surface area (Å²) < 4.78 is 13.9. The van der Waals surface area contributed by atoms with Gasteiger partial charge in [0, 0.05) is 16.6 Å². The number of halogens is 3. The monoisotopic (exact) mass is 326 g/mol. The van der Waals surface area contributed by atoms with Crippen molar-refractivity contribution in [3.8, 4) is 0 Å². The number of thiazole rings is 1. The summed E-state index contributed by atoms with van der Waals surface area (Å²) in [5, 5.41) is 5.13. The van der Waals surface area contributed by atoms with Gasteiger partial charge in [0.25, 0.3) is 0 Å². The zero-order valence-corrected chi connectivity index (χ0v) is 12.5. The second-order valence-electron chi connectivity index (χ2n) is 4.22. The van der Waals surface area contributed by atoms with Crippen LogP contribution in [0.4, 0.5) is 9.52 Å². The van der Waals surface area contributed by atoms with Crippen molar-refractivity contribution >= 4 is 49.9 Å². The van der Waals surface area contributed by atoms with Crippen LogP contribution < -0.4 is 5.32 Å². The molecular weight excluding hydrogens is 318 g/mol. The zero-order chi connectivity index (χ0) is 14.1. The first-order chi connectivity index (χ1) is 9.61. The lowest BCUT2D eigenvalue weighted by atomic mass is 10.2. The molecule has 0 atom stereocenters. The molecule has 102 valence electrons. The SMILES string of the molecule is Fc1ccc2nc(NCc3ccc(Cl)cc3Cl)sc2c1. The van der Waals surface area contributed by atoms with Gasteiger partial charge in [-0.3, -0.25) is 0 Å². The summed E-state index contributed by atoms with van der Waals surface area (Å²) in [6, 6.07) is 9.91. The second-order valence-corrected chi connectivity index (χ2v) is 6.09. The molecule has 0 radical (unpaired) electrons. The van der Waals surface area contributed by atoms with E-state index >= 15 is 0 Å². The van der Waals surface area contributed by atoms with Crippen molar-refractivity contribution in [1.82, 2.24) is 4.98 Å². The Hall–Kier alpha value is -1.36. The van der Waals surface area contributed by atoms with Crippen LogP contribution in [0.1, 0.15) is 5.56 Å². The molecule has 0 bridgehead atoms. The van der Waals surface area contributed by atoms with E-state index in [-0.39, 0.29) is 5.82 Å². The van der Waals surface area contributed by atoms with Gasteiger partial charge in [0.2, 0.25) is 0 Å². The first-order valence-electron chi connectivity index (χ1n) is 5.86. The minimum absolute atomic E-state index is 0.256. The molecule has 0 spiro atoms. The Morgan fingerprint density at radius 2 is 2.00 bits per heavy atom. The largest absolute Gasteiger partial charge is 0.357 e. The van der Waals surface area contributed by atoms with Crippen LogP contribution in [0.5, 0.6) is 0 Å². The van der Waals surface area contributed by atoms with Crippen LogP contribution in [0, 0.1) is 5.82 Å². The van der Waals surface area contributed by atoms with Gasteiger partial charge in [0.15, 0.2) is 5.13 Å². The fourth-order valence-corrected chi connectivity index (χ4v) is 3.17. The Morgan fingerprint density at radius 1 is 1.15 bits per heavy atom. The average molecular weight is 327 g/mol. The lowest BCUT2D eigenvalue weighted by Gasteiger charge is -2.05. The number of hydrogen-bond acceptors (Lipinski definition) is 3. The van der Waals surface area contributed by atoms with E-state index in [1.807, 2.05) is 6.07 Å². The Morgan fingerprint density at radius 3 is 2.80 bits per heavy atom. The van der Waals surface area contributed by atoms with E-state index in [0.717, 1.165) is 20.9 Å². The minimum atomic E-state index is -0.256. The van der Waals surface area contributed by atoms with E-state index in [2.05, 4.69) is 10.3 Å². The smallest absolute Gasteiger partial charge is 0.184 e. The number of aromatic nitrogens is 1. The van der Waals surface area contributed by atoms with Crippen LogP contribution in [0.25, 0.3) is 10.2 Å². The number of benzene rings is 2. The maximum absolute atomic E-state index is 13.1. The third-order valence-corrected chi connectivity index (χ3v) is 4.36. The van der Waals surface area contributed by atoms with Crippen LogP contribution in [0.15, 0.2) is 36.4 Å². The molecular formula is C14H9Cl2FN2S. The highest BCUT2D eigenvalue weighted by Gasteiger charge is 2.06. The van der Waals surface area contributed by atoms with Crippen molar-refractivity contribution in [2.75, 3.05) is 5.32 Å². The number of nitrogens with one attached hydrogen (secondary N) is 1. The Bertz CT molecular complexity index is 773. The van der Waals surface area contributed by atoms with Crippen molar-refractivity contribution in [1.29, 1.82) is 0 Å². The molecule has 0 unspecified atom stereocenters. The van der Waals surface area contributed by atoms with Gasteiger partial charge in [-0.2, -0.15) is 0 Å². The van der Waals surface area contributed by atoms with Crippen LogP contribution in [0.3, 0.4) is 0 Å². The average Bonchev–Trinajstić information content (AvgIpc) is 2.79. The number of hydrogen-bond donors (Lipinski definition) is 1. The molecule has 2 aromatic carbocycles. The predicted molar refractivity (Wildman–Crippen MR) is 83.4 cm³/mol. The maximum Gasteiger partial charge on any atom is 0.184 e. The number of rotatable bonds is 3. The molecule has 2 nitrogen and oxygen atoms in total. The number of anilines is 1. The fraction of sp³-hybridized carbons (Fsp3) is 0.0714. The van der Waals surface area contributed by atoms with E-state index in [9.17, 15) is 4.39 Å². The molecule has 0 aliphatic rings. The molecule has 1 aromatic heterocycles. The Kier molecular flexibility index (Phi) is 3.78. The Labute approximate surface area is 129 Å². The van der Waals surface area contributed by atoms with Crippen molar-refractivity contribution < 1.29 is 4.39 Å². The zero-order valence-electron chi connectivity index (χ0n) is 10.2. The van der Waals surface area contributed by atoms with Crippen LogP contribution in [-0.4, -0.2) is 4.98 Å². The second kappa shape index (κ2) is 5.56. The maximum atomic E-state index is 13.1. The highest BCUT2D eigenvalue weighted by atomic mass is 35.5. The molecule has 20 heavy (non-hydrogen) atoms. The summed E-state index contributed by atoms with van der Waals surface area (Å²) >= 11 is 13.4. The summed E-state index contributed by atoms with van der Waals surface area (Å²) in [5.41, 5.74) is 1.71. The molecule has 1 heterocycles. The highest BCUT2D eigenvalue weighted by molar-refractivity contribution is 7.22. The molecule has 0 saturated heterocycles. The van der Waals surface area contributed by atoms with E-state index in [1.54, 1.807) is 18.2 Å². The van der Waals surface area contributed by atoms with E-state index in [0.29, 0.717) is 16.6 Å². The molecule has 0 aliphatic carbocycles. The molecule has 0 fully saturated rings. The summed E-state index contributed by atoms with van der Waals surface area (Å²) in [6.45, 7) is 0.540. The summed E-state index contributed by atoms with van der Waals surface area (Å²) in [6.07, 6.45) is 0. The first kappa shape index (κ1) is 13.6. The third kappa shape index (κ3) is 2.87. The highest BCUT2D eigenvalue weighted by Crippen LogP contribution is 2.28. The third-order valence-electron chi connectivity index (χ3n) is 2.80. The molecule has 0 aliphatic heterocycles. The molecule has 3 aromatic rings. The fourth-order valence-electron chi connectivity index (χ4n) is 1.81. The van der Waals surface area contributed by atoms with Gasteiger partial charge in [0.1, 0.15) is 5.82 Å². The molecule has 1 N–H and O–H groups in total. The van der Waals surface area contributed by atoms with Crippen LogP contribution in [-0.2, 0) is 6.54 Å². The van der Waals surface area contributed by atoms with Gasteiger partial charge in [0.05, 0.1) is 10.2 Å². The molecule has 6 heteroatoms. The molecule has 0 saturated carbocycles. The summed E-state index contributed by atoms with van der Waals surface area (Å²) in [7, 11) is 0. The predicted octanol–water partition coefficient (Wildman–Crippen LogP) is 5.35. The minimum Gasteiger partial charge on any atom is -0.357 e. The van der Waals surface area contributed by atoms with E-state index < -0.39 is 0 Å². The van der Waals surface area contributed by atoms with Crippen LogP contribution in [0.2, 0.25) is 10.0 Å². The molecule has 0 amide bonds. The van der Waals surface area contributed by atoms with Gasteiger partial charge < -0.3 is 5.32 Å². The lowest BCUT2D eigenvalue weighted by Crippen LogP contribution is -1.99. The van der Waals surface area contributed by atoms with Gasteiger partial charge in [-0.25, -0.2) is 9.37 Å². The number of fused-ring (bicyclic) bond motifs is 1. The molecule has 3 rings (SSSR count). The normalized spacial score (nSPS) is 10.9. The van der Waals surface area contributed by atoms with Crippen molar-refractivity contribution in [2.45, 2.75) is 6.54 Å². The van der Waals surface area contributed by atoms with Gasteiger partial charge in [-0.05, 0) is 35.9 Å². The van der Waals surface area contributed by atoms with Crippen molar-refractivity contribution in [3.63, 3.8) is 0 Å². The van der Waals surface area contributed by atoms with Crippen molar-refractivity contribution in [2.24, 2.45) is 0 Å².